The molecule has 6 nitrogen and oxygen atoms in total. The largest absolute Gasteiger partial charge is 0.497 e. The van der Waals surface area contributed by atoms with Crippen LogP contribution in [0.1, 0.15) is 53.3 Å². The monoisotopic (exact) mass is 422 g/mol. The summed E-state index contributed by atoms with van der Waals surface area (Å²) < 4.78 is 5.47. The minimum absolute atomic E-state index is 0.0981. The first-order chi connectivity index (χ1) is 15.0. The Morgan fingerprint density at radius 2 is 2.06 bits per heavy atom. The quantitative estimate of drug-likeness (QED) is 0.818. The fourth-order valence-electron chi connectivity index (χ4n) is 6.36. The number of piperidine rings is 3. The second-order valence-corrected chi connectivity index (χ2v) is 9.69. The molecule has 3 fully saturated rings. The van der Waals surface area contributed by atoms with Crippen LogP contribution >= 0.6 is 0 Å². The van der Waals surface area contributed by atoms with Gasteiger partial charge in [-0.15, -0.1) is 0 Å². The highest BCUT2D eigenvalue weighted by Crippen LogP contribution is 2.42. The van der Waals surface area contributed by atoms with E-state index >= 15 is 0 Å². The van der Waals surface area contributed by atoms with Crippen molar-refractivity contribution in [3.8, 4) is 5.75 Å². The number of ether oxygens (including phenoxy) is 1. The second-order valence-electron chi connectivity index (χ2n) is 9.69. The number of amides is 1. The van der Waals surface area contributed by atoms with E-state index < -0.39 is 0 Å². The Hall–Kier alpha value is -2.34. The summed E-state index contributed by atoms with van der Waals surface area (Å²) in [6, 6.07) is 9.57. The van der Waals surface area contributed by atoms with Crippen molar-refractivity contribution in [2.45, 2.75) is 58.0 Å². The van der Waals surface area contributed by atoms with E-state index in [9.17, 15) is 4.79 Å². The van der Waals surface area contributed by atoms with Gasteiger partial charge in [0.25, 0.3) is 5.91 Å². The van der Waals surface area contributed by atoms with Gasteiger partial charge in [-0.3, -0.25) is 9.69 Å². The SMILES string of the molecule is COc1cccc(C[C@H]2[C@H]3C[C@H](CN(C(=O)c4nc(C)[nH]c4C)C3)[C@@H]3CCCCN32)c1. The van der Waals surface area contributed by atoms with Crippen molar-refractivity contribution in [2.24, 2.45) is 11.8 Å². The molecule has 1 aromatic carbocycles. The zero-order valence-corrected chi connectivity index (χ0v) is 18.9. The molecule has 2 bridgehead atoms. The second kappa shape index (κ2) is 8.30. The highest BCUT2D eigenvalue weighted by molar-refractivity contribution is 5.93. The predicted octanol–water partition coefficient (Wildman–Crippen LogP) is 3.59. The first-order valence-corrected chi connectivity index (χ1v) is 11.7. The molecule has 1 amide bonds. The van der Waals surface area contributed by atoms with Crippen molar-refractivity contribution in [3.05, 3.63) is 47.0 Å². The third-order valence-corrected chi connectivity index (χ3v) is 7.69. The summed E-state index contributed by atoms with van der Waals surface area (Å²) in [7, 11) is 1.73. The van der Waals surface area contributed by atoms with Crippen LogP contribution in [-0.4, -0.2) is 64.5 Å². The molecule has 6 heteroatoms. The van der Waals surface area contributed by atoms with Gasteiger partial charge < -0.3 is 14.6 Å². The summed E-state index contributed by atoms with van der Waals surface area (Å²) in [4.78, 5) is 26.0. The van der Waals surface area contributed by atoms with Gasteiger partial charge in [-0.2, -0.15) is 0 Å². The van der Waals surface area contributed by atoms with Gasteiger partial charge >= 0.3 is 0 Å². The molecule has 3 aliphatic rings. The number of H-pyrrole nitrogens is 1. The number of nitrogens with one attached hydrogen (secondary N) is 1. The van der Waals surface area contributed by atoms with Gasteiger partial charge in [0, 0.05) is 30.9 Å². The Bertz CT molecular complexity index is 955. The topological polar surface area (TPSA) is 61.5 Å². The van der Waals surface area contributed by atoms with E-state index in [1.807, 2.05) is 19.9 Å². The number of hydrogen-bond donors (Lipinski definition) is 1. The number of rotatable bonds is 4. The molecule has 0 spiro atoms. The number of methoxy groups -OCH3 is 1. The van der Waals surface area contributed by atoms with E-state index in [2.05, 4.69) is 38.0 Å². The average Bonchev–Trinajstić information content (AvgIpc) is 3.14. The summed E-state index contributed by atoms with van der Waals surface area (Å²) in [6.45, 7) is 6.76. The van der Waals surface area contributed by atoms with Crippen LogP contribution in [0.4, 0.5) is 0 Å². The maximum Gasteiger partial charge on any atom is 0.274 e. The van der Waals surface area contributed by atoms with Crippen LogP contribution in [0.2, 0.25) is 0 Å². The minimum atomic E-state index is 0.0981. The van der Waals surface area contributed by atoms with E-state index in [1.165, 1.54) is 37.8 Å². The van der Waals surface area contributed by atoms with Crippen molar-refractivity contribution in [2.75, 3.05) is 26.7 Å². The fourth-order valence-corrected chi connectivity index (χ4v) is 6.36. The first-order valence-electron chi connectivity index (χ1n) is 11.7. The molecule has 1 aromatic heterocycles. The van der Waals surface area contributed by atoms with Crippen LogP contribution in [-0.2, 0) is 6.42 Å². The number of likely N-dealkylation sites (tertiary alicyclic amines) is 1. The molecule has 4 atom stereocenters. The number of aromatic amines is 1. The van der Waals surface area contributed by atoms with Crippen molar-refractivity contribution < 1.29 is 9.53 Å². The molecule has 0 saturated carbocycles. The molecule has 0 radical (unpaired) electrons. The molecule has 3 saturated heterocycles. The molecule has 31 heavy (non-hydrogen) atoms. The summed E-state index contributed by atoms with van der Waals surface area (Å²) in [5.41, 5.74) is 2.81. The van der Waals surface area contributed by atoms with Crippen molar-refractivity contribution in [1.82, 2.24) is 19.8 Å². The number of hydrogen-bond acceptors (Lipinski definition) is 4. The Morgan fingerprint density at radius 3 is 2.84 bits per heavy atom. The number of nitrogens with zero attached hydrogens (tertiary/aromatic N) is 3. The molecular formula is C25H34N4O2. The minimum Gasteiger partial charge on any atom is -0.497 e. The number of aryl methyl sites for hydroxylation is 2. The van der Waals surface area contributed by atoms with Gasteiger partial charge in [0.05, 0.1) is 7.11 Å². The number of carbonyl (C=O) groups is 1. The fraction of sp³-hybridized carbons (Fsp3) is 0.600. The van der Waals surface area contributed by atoms with Gasteiger partial charge in [-0.25, -0.2) is 4.98 Å². The van der Waals surface area contributed by atoms with Gasteiger partial charge in [-0.1, -0.05) is 18.6 Å². The van der Waals surface area contributed by atoms with E-state index in [4.69, 9.17) is 4.74 Å². The first kappa shape index (κ1) is 20.6. The van der Waals surface area contributed by atoms with Crippen LogP contribution in [0.25, 0.3) is 0 Å². The van der Waals surface area contributed by atoms with Crippen LogP contribution in [0.15, 0.2) is 24.3 Å². The molecule has 5 rings (SSSR count). The Morgan fingerprint density at radius 1 is 1.23 bits per heavy atom. The van der Waals surface area contributed by atoms with Crippen molar-refractivity contribution in [3.63, 3.8) is 0 Å². The van der Waals surface area contributed by atoms with Gasteiger partial charge in [0.2, 0.25) is 0 Å². The van der Waals surface area contributed by atoms with Crippen LogP contribution in [0.5, 0.6) is 5.75 Å². The number of fused-ring (bicyclic) bond motifs is 4. The lowest BCUT2D eigenvalue weighted by atomic mass is 9.71. The molecular weight excluding hydrogens is 388 g/mol. The molecule has 3 aliphatic heterocycles. The Labute approximate surface area is 185 Å². The molecule has 2 aromatic rings. The van der Waals surface area contributed by atoms with Crippen molar-refractivity contribution in [1.29, 1.82) is 0 Å². The normalized spacial score (nSPS) is 28.3. The third-order valence-electron chi connectivity index (χ3n) is 7.69. The van der Waals surface area contributed by atoms with E-state index in [0.717, 1.165) is 36.8 Å². The molecule has 0 unspecified atom stereocenters. The van der Waals surface area contributed by atoms with Gasteiger partial charge in [0.15, 0.2) is 0 Å². The van der Waals surface area contributed by atoms with Crippen LogP contribution in [0, 0.1) is 25.7 Å². The summed E-state index contributed by atoms with van der Waals surface area (Å²) >= 11 is 0. The molecule has 4 heterocycles. The maximum atomic E-state index is 13.4. The number of benzene rings is 1. The average molecular weight is 423 g/mol. The lowest BCUT2D eigenvalue weighted by Gasteiger charge is -2.57. The predicted molar refractivity (Wildman–Crippen MR) is 120 cm³/mol. The standard InChI is InChI=1S/C25H34N4O2/c1-16-24(27-17(2)26-16)25(30)28-14-19-13-20(15-28)23(29-10-5-4-9-22(19)29)12-18-7-6-8-21(11-18)31-3/h6-8,11,19-20,22-23H,4-5,9-10,12-15H2,1-3H3,(H,26,27)/t19-,20+,22+,23+/m1/s1. The zero-order valence-electron chi connectivity index (χ0n) is 18.9. The van der Waals surface area contributed by atoms with E-state index in [1.54, 1.807) is 7.11 Å². The summed E-state index contributed by atoms with van der Waals surface area (Å²) in [6.07, 6.45) is 6.11. The number of imidazole rings is 1. The van der Waals surface area contributed by atoms with E-state index in [0.29, 0.717) is 29.6 Å². The van der Waals surface area contributed by atoms with Crippen LogP contribution in [0.3, 0.4) is 0 Å². The zero-order chi connectivity index (χ0) is 21.5. The number of aromatic nitrogens is 2. The van der Waals surface area contributed by atoms with Gasteiger partial charge in [-0.05, 0) is 75.6 Å². The summed E-state index contributed by atoms with van der Waals surface area (Å²) in [5.74, 6) is 2.91. The Balaban J connectivity index is 1.42. The van der Waals surface area contributed by atoms with Crippen molar-refractivity contribution >= 4 is 5.91 Å². The summed E-state index contributed by atoms with van der Waals surface area (Å²) in [5, 5.41) is 0. The molecule has 0 aliphatic carbocycles. The maximum absolute atomic E-state index is 13.4. The van der Waals surface area contributed by atoms with E-state index in [-0.39, 0.29) is 5.91 Å². The highest BCUT2D eigenvalue weighted by atomic mass is 16.5. The third kappa shape index (κ3) is 3.86. The highest BCUT2D eigenvalue weighted by Gasteiger charge is 2.48. The van der Waals surface area contributed by atoms with Gasteiger partial charge in [0.1, 0.15) is 17.3 Å². The number of carbonyl (C=O) groups excluding carboxylic acids is 1. The smallest absolute Gasteiger partial charge is 0.274 e. The molecule has 1 N–H and O–H groups in total. The lowest BCUT2D eigenvalue weighted by molar-refractivity contribution is -0.0643. The van der Waals surface area contributed by atoms with Crippen LogP contribution < -0.4 is 4.74 Å². The molecule has 166 valence electrons. The lowest BCUT2D eigenvalue weighted by Crippen LogP contribution is -2.64. The Kier molecular flexibility index (Phi) is 5.51.